The van der Waals surface area contributed by atoms with Crippen LogP contribution < -0.4 is 10.4 Å². The number of hydrogen-bond donors (Lipinski definition) is 1. The molecule has 0 aliphatic rings. The number of carbonyl (C=O) groups is 1. The molecule has 1 aromatic carbocycles. The van der Waals surface area contributed by atoms with Crippen LogP contribution in [0.1, 0.15) is 24.2 Å². The Balaban J connectivity index is 2.63. The van der Waals surface area contributed by atoms with E-state index in [9.17, 15) is 4.79 Å². The minimum absolute atomic E-state index is 0.116. The highest BCUT2D eigenvalue weighted by atomic mass is 16.7. The minimum atomic E-state index is -0.362. The third-order valence-electron chi connectivity index (χ3n) is 2.01. The van der Waals surface area contributed by atoms with E-state index < -0.39 is 0 Å². The first-order valence-corrected chi connectivity index (χ1v) is 5.25. The molecule has 0 radical (unpaired) electrons. The predicted octanol–water partition coefficient (Wildman–Crippen LogP) is 1.82. The van der Waals surface area contributed by atoms with Crippen LogP contribution in [0.15, 0.2) is 24.3 Å². The summed E-state index contributed by atoms with van der Waals surface area (Å²) in [4.78, 5) is 18.4. The highest BCUT2D eigenvalue weighted by molar-refractivity contribution is 5.89. The van der Waals surface area contributed by atoms with Crippen LogP contribution in [0.2, 0.25) is 0 Å². The quantitative estimate of drug-likeness (QED) is 0.789. The molecule has 0 aliphatic heterocycles. The summed E-state index contributed by atoms with van der Waals surface area (Å²) in [6.45, 7) is 3.81. The van der Waals surface area contributed by atoms with Gasteiger partial charge in [-0.1, -0.05) is 0 Å². The maximum atomic E-state index is 11.5. The molecule has 16 heavy (non-hydrogen) atoms. The van der Waals surface area contributed by atoms with Gasteiger partial charge in [0.05, 0.1) is 5.56 Å². The summed E-state index contributed by atoms with van der Waals surface area (Å²) in [5, 5.41) is 0. The van der Waals surface area contributed by atoms with Crippen LogP contribution >= 0.6 is 0 Å². The van der Waals surface area contributed by atoms with Crippen molar-refractivity contribution in [2.75, 3.05) is 19.0 Å². The lowest BCUT2D eigenvalue weighted by Gasteiger charge is -2.12. The Bertz CT molecular complexity index is 345. The predicted molar refractivity (Wildman–Crippen MR) is 64.5 cm³/mol. The first-order chi connectivity index (χ1) is 7.50. The molecule has 0 saturated heterocycles. The third kappa shape index (κ3) is 3.55. The van der Waals surface area contributed by atoms with Gasteiger partial charge in [0.25, 0.3) is 0 Å². The summed E-state index contributed by atoms with van der Waals surface area (Å²) < 4.78 is 0. The zero-order valence-corrected chi connectivity index (χ0v) is 10.2. The van der Waals surface area contributed by atoms with E-state index in [0.717, 1.165) is 5.69 Å². The van der Waals surface area contributed by atoms with Crippen molar-refractivity contribution in [3.63, 3.8) is 0 Å². The van der Waals surface area contributed by atoms with Crippen molar-refractivity contribution >= 4 is 11.7 Å². The van der Waals surface area contributed by atoms with E-state index in [-0.39, 0.29) is 12.0 Å². The van der Waals surface area contributed by atoms with Crippen molar-refractivity contribution < 1.29 is 9.63 Å². The maximum absolute atomic E-state index is 11.5. The fraction of sp³-hybridized carbons (Fsp3) is 0.417. The van der Waals surface area contributed by atoms with Gasteiger partial charge < -0.3 is 9.74 Å². The number of benzene rings is 1. The maximum Gasteiger partial charge on any atom is 0.356 e. The summed E-state index contributed by atoms with van der Waals surface area (Å²) in [6.07, 6.45) is 0. The molecule has 0 unspecified atom stereocenters. The molecule has 0 spiro atoms. The van der Waals surface area contributed by atoms with Crippen LogP contribution in [-0.4, -0.2) is 26.1 Å². The van der Waals surface area contributed by atoms with Gasteiger partial charge in [0.15, 0.2) is 0 Å². The molecule has 0 saturated carbocycles. The number of hydrogen-bond acceptors (Lipinski definition) is 4. The summed E-state index contributed by atoms with van der Waals surface area (Å²) in [7, 11) is 3.90. The topological polar surface area (TPSA) is 41.6 Å². The van der Waals surface area contributed by atoms with Crippen molar-refractivity contribution in [1.29, 1.82) is 0 Å². The third-order valence-corrected chi connectivity index (χ3v) is 2.01. The van der Waals surface area contributed by atoms with E-state index in [1.807, 2.05) is 45.0 Å². The van der Waals surface area contributed by atoms with E-state index in [2.05, 4.69) is 5.48 Å². The van der Waals surface area contributed by atoms with E-state index in [1.54, 1.807) is 12.1 Å². The highest BCUT2D eigenvalue weighted by Gasteiger charge is 2.07. The molecule has 1 N–H and O–H groups in total. The van der Waals surface area contributed by atoms with Crippen LogP contribution in [0.3, 0.4) is 0 Å². The Morgan fingerprint density at radius 1 is 1.25 bits per heavy atom. The van der Waals surface area contributed by atoms with Gasteiger partial charge in [0.1, 0.15) is 0 Å². The Labute approximate surface area is 96.2 Å². The van der Waals surface area contributed by atoms with Gasteiger partial charge >= 0.3 is 5.97 Å². The molecule has 4 heteroatoms. The van der Waals surface area contributed by atoms with Crippen molar-refractivity contribution in [3.8, 4) is 0 Å². The Kier molecular flexibility index (Phi) is 4.31. The lowest BCUT2D eigenvalue weighted by atomic mass is 10.2. The number of nitrogens with zero attached hydrogens (tertiary/aromatic N) is 1. The number of nitrogens with one attached hydrogen (secondary N) is 1. The molecular formula is C12H18N2O2. The molecule has 0 atom stereocenters. The van der Waals surface area contributed by atoms with Crippen molar-refractivity contribution in [1.82, 2.24) is 5.48 Å². The molecule has 0 fully saturated rings. The normalized spacial score (nSPS) is 10.3. The molecule has 88 valence electrons. The van der Waals surface area contributed by atoms with Crippen molar-refractivity contribution in [3.05, 3.63) is 29.8 Å². The van der Waals surface area contributed by atoms with Gasteiger partial charge in [-0.25, -0.2) is 4.79 Å². The molecule has 1 rings (SSSR count). The molecule has 0 aromatic heterocycles. The van der Waals surface area contributed by atoms with E-state index in [4.69, 9.17) is 4.84 Å². The van der Waals surface area contributed by atoms with Gasteiger partial charge in [0, 0.05) is 25.8 Å². The van der Waals surface area contributed by atoms with Gasteiger partial charge in [-0.15, -0.1) is 0 Å². The Morgan fingerprint density at radius 3 is 2.25 bits per heavy atom. The second kappa shape index (κ2) is 5.51. The van der Waals surface area contributed by atoms with Crippen LogP contribution in [0.25, 0.3) is 0 Å². The van der Waals surface area contributed by atoms with Gasteiger partial charge in [-0.3, -0.25) is 0 Å². The number of rotatable bonds is 4. The van der Waals surface area contributed by atoms with Crippen molar-refractivity contribution in [2.24, 2.45) is 0 Å². The molecule has 0 amide bonds. The van der Waals surface area contributed by atoms with Crippen LogP contribution in [0, 0.1) is 0 Å². The first-order valence-electron chi connectivity index (χ1n) is 5.25. The summed E-state index contributed by atoms with van der Waals surface area (Å²) in [5.41, 5.74) is 4.21. The second-order valence-electron chi connectivity index (χ2n) is 4.10. The smallest absolute Gasteiger partial charge is 0.356 e. The summed E-state index contributed by atoms with van der Waals surface area (Å²) >= 11 is 0. The largest absolute Gasteiger partial charge is 0.378 e. The summed E-state index contributed by atoms with van der Waals surface area (Å²) in [6, 6.07) is 7.38. The van der Waals surface area contributed by atoms with Crippen LogP contribution in [0.5, 0.6) is 0 Å². The molecule has 4 nitrogen and oxygen atoms in total. The minimum Gasteiger partial charge on any atom is -0.378 e. The number of anilines is 1. The lowest BCUT2D eigenvalue weighted by molar-refractivity contribution is 0.0188. The lowest BCUT2D eigenvalue weighted by Crippen LogP contribution is -2.26. The monoisotopic (exact) mass is 222 g/mol. The fourth-order valence-corrected chi connectivity index (χ4v) is 1.13. The molecule has 0 aliphatic carbocycles. The van der Waals surface area contributed by atoms with Gasteiger partial charge in [-0.2, -0.15) is 5.48 Å². The van der Waals surface area contributed by atoms with E-state index in [1.165, 1.54) is 0 Å². The molecule has 0 bridgehead atoms. The van der Waals surface area contributed by atoms with E-state index in [0.29, 0.717) is 5.56 Å². The van der Waals surface area contributed by atoms with Crippen LogP contribution in [0.4, 0.5) is 5.69 Å². The Morgan fingerprint density at radius 2 is 1.81 bits per heavy atom. The second-order valence-corrected chi connectivity index (χ2v) is 4.10. The molecule has 1 aromatic rings. The Hall–Kier alpha value is -1.55. The van der Waals surface area contributed by atoms with Crippen LogP contribution in [-0.2, 0) is 4.84 Å². The number of carbonyl (C=O) groups excluding carboxylic acids is 1. The van der Waals surface area contributed by atoms with E-state index >= 15 is 0 Å². The van der Waals surface area contributed by atoms with Gasteiger partial charge in [0.2, 0.25) is 0 Å². The average molecular weight is 222 g/mol. The highest BCUT2D eigenvalue weighted by Crippen LogP contribution is 2.12. The first kappa shape index (κ1) is 12.5. The summed E-state index contributed by atoms with van der Waals surface area (Å²) in [5.74, 6) is -0.362. The van der Waals surface area contributed by atoms with Crippen molar-refractivity contribution in [2.45, 2.75) is 19.9 Å². The fourth-order valence-electron chi connectivity index (χ4n) is 1.13. The van der Waals surface area contributed by atoms with Gasteiger partial charge in [-0.05, 0) is 38.1 Å². The SMILES string of the molecule is CC(C)NOC(=O)c1ccc(N(C)C)cc1. The average Bonchev–Trinajstić information content (AvgIpc) is 2.26. The molecule has 0 heterocycles. The number of hydroxylamine groups is 1. The zero-order valence-electron chi connectivity index (χ0n) is 10.2. The molecular weight excluding hydrogens is 204 g/mol. The zero-order chi connectivity index (χ0) is 12.1. The standard InChI is InChI=1S/C12H18N2O2/c1-9(2)13-16-12(15)10-5-7-11(8-6-10)14(3)4/h5-9,13H,1-4H3.